The van der Waals surface area contributed by atoms with Gasteiger partial charge in [-0.3, -0.25) is 0 Å². The van der Waals surface area contributed by atoms with Gasteiger partial charge < -0.3 is 11.3 Å². The van der Waals surface area contributed by atoms with Crippen LogP contribution < -0.4 is 29.6 Å². The Morgan fingerprint density at radius 2 is 1.64 bits per heavy atom. The summed E-state index contributed by atoms with van der Waals surface area (Å²) >= 11 is 0. The van der Waals surface area contributed by atoms with Crippen molar-refractivity contribution < 1.29 is 50.4 Å². The number of benzene rings is 1. The molecule has 0 bridgehead atoms. The number of carbonyl (C=O) groups excluding carboxylic acids is 1. The first-order chi connectivity index (χ1) is 6.15. The second-order valence-corrected chi connectivity index (χ2v) is 2.37. The molecule has 0 radical (unpaired) electrons. The average molecular weight is 204 g/mol. The SMILES string of the molecule is COC(=O)c1ccc(C(=O)O)cc1.[H-].[Na+]. The first-order valence-corrected chi connectivity index (χ1v) is 3.57. The minimum absolute atomic E-state index is 0. The summed E-state index contributed by atoms with van der Waals surface area (Å²) in [5, 5.41) is 8.56. The van der Waals surface area contributed by atoms with Gasteiger partial charge in [0.1, 0.15) is 0 Å². The van der Waals surface area contributed by atoms with Gasteiger partial charge in [-0.2, -0.15) is 0 Å². The summed E-state index contributed by atoms with van der Waals surface area (Å²) in [4.78, 5) is 21.4. The fraction of sp³-hybridized carbons (Fsp3) is 0.111. The monoisotopic (exact) mass is 204 g/mol. The van der Waals surface area contributed by atoms with E-state index < -0.39 is 11.9 Å². The van der Waals surface area contributed by atoms with E-state index in [0.717, 1.165) is 0 Å². The van der Waals surface area contributed by atoms with Gasteiger partial charge in [-0.25, -0.2) is 9.59 Å². The largest absolute Gasteiger partial charge is 1.00 e. The molecule has 4 nitrogen and oxygen atoms in total. The number of hydrogen-bond donors (Lipinski definition) is 1. The third kappa shape index (κ3) is 3.14. The van der Waals surface area contributed by atoms with Crippen molar-refractivity contribution in [3.8, 4) is 0 Å². The molecular formula is C9H9NaO4. The molecule has 5 heteroatoms. The molecule has 0 unspecified atom stereocenters. The zero-order chi connectivity index (χ0) is 9.84. The molecule has 0 amide bonds. The van der Waals surface area contributed by atoms with E-state index in [4.69, 9.17) is 5.11 Å². The molecule has 0 aromatic heterocycles. The fourth-order valence-electron chi connectivity index (χ4n) is 0.867. The Kier molecular flexibility index (Phi) is 5.45. The third-order valence-corrected chi connectivity index (χ3v) is 1.55. The number of methoxy groups -OCH3 is 1. The molecule has 0 aliphatic heterocycles. The Morgan fingerprint density at radius 1 is 1.21 bits per heavy atom. The van der Waals surface area contributed by atoms with Crippen LogP contribution in [0.4, 0.5) is 0 Å². The Morgan fingerprint density at radius 3 is 2.00 bits per heavy atom. The zero-order valence-corrected chi connectivity index (χ0v) is 9.98. The van der Waals surface area contributed by atoms with Gasteiger partial charge in [0.2, 0.25) is 0 Å². The van der Waals surface area contributed by atoms with Crippen LogP contribution in [0.15, 0.2) is 24.3 Å². The number of carboxylic acid groups (broad SMARTS) is 1. The molecule has 0 heterocycles. The molecule has 1 rings (SSSR count). The quantitative estimate of drug-likeness (QED) is 0.460. The molecule has 0 aliphatic carbocycles. The van der Waals surface area contributed by atoms with Gasteiger partial charge in [0.05, 0.1) is 18.2 Å². The topological polar surface area (TPSA) is 63.6 Å². The normalized spacial score (nSPS) is 8.64. The molecule has 1 N–H and O–H groups in total. The Hall–Kier alpha value is -0.840. The minimum Gasteiger partial charge on any atom is -1.00 e. The van der Waals surface area contributed by atoms with E-state index in [1.54, 1.807) is 0 Å². The number of rotatable bonds is 2. The third-order valence-electron chi connectivity index (χ3n) is 1.55. The van der Waals surface area contributed by atoms with Crippen LogP contribution in [0.5, 0.6) is 0 Å². The number of aromatic carboxylic acids is 1. The molecule has 70 valence electrons. The van der Waals surface area contributed by atoms with Crippen LogP contribution in [-0.2, 0) is 4.74 Å². The van der Waals surface area contributed by atoms with Gasteiger partial charge in [0.15, 0.2) is 0 Å². The molecule has 0 spiro atoms. The summed E-state index contributed by atoms with van der Waals surface area (Å²) < 4.78 is 4.45. The van der Waals surface area contributed by atoms with Crippen LogP contribution in [0, 0.1) is 0 Å². The molecule has 0 saturated heterocycles. The summed E-state index contributed by atoms with van der Waals surface area (Å²) in [6.45, 7) is 0. The number of carbonyl (C=O) groups is 2. The molecule has 0 atom stereocenters. The van der Waals surface area contributed by atoms with Gasteiger partial charge >= 0.3 is 41.5 Å². The molecule has 1 aromatic carbocycles. The van der Waals surface area contributed by atoms with E-state index >= 15 is 0 Å². The van der Waals surface area contributed by atoms with Crippen molar-refractivity contribution in [2.45, 2.75) is 0 Å². The maximum absolute atomic E-state index is 10.9. The standard InChI is InChI=1S/C9H8O4.Na.H/c1-13-9(12)7-4-2-6(3-5-7)8(10)11;;/h2-5H,1H3,(H,10,11);;/q;+1;-1. The van der Waals surface area contributed by atoms with Crippen LogP contribution in [0.3, 0.4) is 0 Å². The number of ether oxygens (including phenoxy) is 1. The molecule has 14 heavy (non-hydrogen) atoms. The number of carboxylic acids is 1. The van der Waals surface area contributed by atoms with E-state index in [9.17, 15) is 9.59 Å². The second kappa shape index (κ2) is 5.80. The van der Waals surface area contributed by atoms with Crippen molar-refractivity contribution in [1.82, 2.24) is 0 Å². The predicted molar refractivity (Wildman–Crippen MR) is 45.9 cm³/mol. The van der Waals surface area contributed by atoms with Gasteiger partial charge in [-0.05, 0) is 24.3 Å². The summed E-state index contributed by atoms with van der Waals surface area (Å²) in [5.74, 6) is -1.49. The Labute approximate surface area is 105 Å². The predicted octanol–water partition coefficient (Wildman–Crippen LogP) is -1.71. The number of esters is 1. The molecule has 0 saturated carbocycles. The van der Waals surface area contributed by atoms with Gasteiger partial charge in [0, 0.05) is 0 Å². The van der Waals surface area contributed by atoms with E-state index in [2.05, 4.69) is 4.74 Å². The number of hydrogen-bond acceptors (Lipinski definition) is 3. The minimum atomic E-state index is -1.02. The Bertz CT molecular complexity index is 336. The van der Waals surface area contributed by atoms with Gasteiger partial charge in [0.25, 0.3) is 0 Å². The first kappa shape index (κ1) is 13.2. The maximum atomic E-state index is 10.9. The van der Waals surface area contributed by atoms with Crippen LogP contribution in [0.25, 0.3) is 0 Å². The molecular weight excluding hydrogens is 195 g/mol. The molecule has 1 aromatic rings. The summed E-state index contributed by atoms with van der Waals surface area (Å²) in [6, 6.07) is 5.54. The average Bonchev–Trinajstić information content (AvgIpc) is 2.17. The van der Waals surface area contributed by atoms with Crippen molar-refractivity contribution >= 4 is 11.9 Å². The van der Waals surface area contributed by atoms with Crippen molar-refractivity contribution in [1.29, 1.82) is 0 Å². The van der Waals surface area contributed by atoms with Crippen LogP contribution in [0.1, 0.15) is 22.1 Å². The molecule has 0 aliphatic rings. The van der Waals surface area contributed by atoms with E-state index in [1.807, 2.05) is 0 Å². The van der Waals surface area contributed by atoms with Gasteiger partial charge in [-0.1, -0.05) is 0 Å². The van der Waals surface area contributed by atoms with E-state index in [1.165, 1.54) is 31.4 Å². The summed E-state index contributed by atoms with van der Waals surface area (Å²) in [5.41, 5.74) is 0.486. The van der Waals surface area contributed by atoms with Crippen molar-refractivity contribution in [2.24, 2.45) is 0 Å². The smallest absolute Gasteiger partial charge is 1.00 e. The maximum Gasteiger partial charge on any atom is 1.00 e. The van der Waals surface area contributed by atoms with Crippen LogP contribution >= 0.6 is 0 Å². The van der Waals surface area contributed by atoms with Crippen LogP contribution in [0.2, 0.25) is 0 Å². The van der Waals surface area contributed by atoms with Crippen molar-refractivity contribution in [2.75, 3.05) is 7.11 Å². The van der Waals surface area contributed by atoms with Crippen molar-refractivity contribution in [3.05, 3.63) is 35.4 Å². The Balaban J connectivity index is 0. The first-order valence-electron chi connectivity index (χ1n) is 3.57. The fourth-order valence-corrected chi connectivity index (χ4v) is 0.867. The summed E-state index contributed by atoms with van der Waals surface area (Å²) in [6.07, 6.45) is 0. The molecule has 0 fully saturated rings. The van der Waals surface area contributed by atoms with Crippen molar-refractivity contribution in [3.63, 3.8) is 0 Å². The van der Waals surface area contributed by atoms with Gasteiger partial charge in [-0.15, -0.1) is 0 Å². The van der Waals surface area contributed by atoms with E-state index in [0.29, 0.717) is 5.56 Å². The van der Waals surface area contributed by atoms with E-state index in [-0.39, 0.29) is 36.5 Å². The summed E-state index contributed by atoms with van der Waals surface area (Å²) in [7, 11) is 1.27. The second-order valence-electron chi connectivity index (χ2n) is 2.37. The van der Waals surface area contributed by atoms with Crippen LogP contribution in [-0.4, -0.2) is 24.2 Å². The zero-order valence-electron chi connectivity index (χ0n) is 8.98.